The topological polar surface area (TPSA) is 100 Å². The zero-order chi connectivity index (χ0) is 19.0. The van der Waals surface area contributed by atoms with Crippen LogP contribution in [0.5, 0.6) is 0 Å². The first-order chi connectivity index (χ1) is 11.7. The Balaban J connectivity index is 2.84. The predicted octanol–water partition coefficient (Wildman–Crippen LogP) is 0.341. The molecular formula is C17H28BN4O3. The fourth-order valence-electron chi connectivity index (χ4n) is 2.25. The average molecular weight is 347 g/mol. The summed E-state index contributed by atoms with van der Waals surface area (Å²) < 4.78 is 0. The molecule has 1 aromatic rings. The van der Waals surface area contributed by atoms with E-state index in [1.54, 1.807) is 24.3 Å². The monoisotopic (exact) mass is 347 g/mol. The molecular weight excluding hydrogens is 319 g/mol. The van der Waals surface area contributed by atoms with Crippen molar-refractivity contribution in [3.05, 3.63) is 29.8 Å². The summed E-state index contributed by atoms with van der Waals surface area (Å²) in [6.07, 6.45) is 1.52. The molecule has 25 heavy (non-hydrogen) atoms. The minimum atomic E-state index is -1.55. The summed E-state index contributed by atoms with van der Waals surface area (Å²) in [5.41, 5.74) is 1.03. The number of benzene rings is 1. The number of nitrogens with zero attached hydrogens (tertiary/aromatic N) is 3. The normalized spacial score (nSPS) is 11.8. The second kappa shape index (κ2) is 10.3. The van der Waals surface area contributed by atoms with Crippen molar-refractivity contribution in [2.24, 2.45) is 16.9 Å². The van der Waals surface area contributed by atoms with Gasteiger partial charge >= 0.3 is 7.12 Å². The third kappa shape index (κ3) is 8.26. The number of carbonyl (C=O) groups excluding carboxylic acids is 1. The summed E-state index contributed by atoms with van der Waals surface area (Å²) in [6, 6.07) is 6.66. The van der Waals surface area contributed by atoms with Gasteiger partial charge in [0.05, 0.1) is 12.8 Å². The van der Waals surface area contributed by atoms with Crippen LogP contribution < -0.4 is 11.3 Å². The standard InChI is InChI=1S/C17H28BN4O3/c1-13(2)10-21(19)12-17(23)22(11-14(3)4)20-9-15-6-5-7-16(8-15)18(24)25/h5-9,13-14,19,24-25H,10-12H2,1-4H3/b20-9+. The quantitative estimate of drug-likeness (QED) is 0.382. The molecule has 0 saturated carbocycles. The fraction of sp³-hybridized carbons (Fsp3) is 0.529. The first-order valence-corrected chi connectivity index (χ1v) is 8.45. The molecule has 7 nitrogen and oxygen atoms in total. The average Bonchev–Trinajstić information content (AvgIpc) is 2.50. The second-order valence-electron chi connectivity index (χ2n) is 6.93. The molecule has 0 aromatic heterocycles. The van der Waals surface area contributed by atoms with Crippen molar-refractivity contribution in [3.63, 3.8) is 0 Å². The van der Waals surface area contributed by atoms with Crippen LogP contribution in [-0.2, 0) is 4.79 Å². The largest absolute Gasteiger partial charge is 0.488 e. The highest BCUT2D eigenvalue weighted by Gasteiger charge is 2.17. The van der Waals surface area contributed by atoms with Crippen molar-refractivity contribution in [1.82, 2.24) is 15.9 Å². The predicted molar refractivity (Wildman–Crippen MR) is 99.9 cm³/mol. The van der Waals surface area contributed by atoms with Gasteiger partial charge in [0.25, 0.3) is 5.91 Å². The summed E-state index contributed by atoms with van der Waals surface area (Å²) in [4.78, 5) is 12.4. The maximum atomic E-state index is 12.4. The van der Waals surface area contributed by atoms with Gasteiger partial charge in [-0.2, -0.15) is 10.9 Å². The van der Waals surface area contributed by atoms with Crippen LogP contribution in [0.3, 0.4) is 0 Å². The second-order valence-corrected chi connectivity index (χ2v) is 6.93. The van der Waals surface area contributed by atoms with E-state index in [-0.39, 0.29) is 18.4 Å². The van der Waals surface area contributed by atoms with Gasteiger partial charge in [0.2, 0.25) is 0 Å². The highest BCUT2D eigenvalue weighted by molar-refractivity contribution is 6.58. The molecule has 0 unspecified atom stereocenters. The van der Waals surface area contributed by atoms with Gasteiger partial charge in [-0.1, -0.05) is 52.0 Å². The zero-order valence-corrected chi connectivity index (χ0v) is 15.4. The van der Waals surface area contributed by atoms with Crippen molar-refractivity contribution >= 4 is 24.7 Å². The molecule has 1 radical (unpaired) electrons. The lowest BCUT2D eigenvalue weighted by Crippen LogP contribution is -2.40. The van der Waals surface area contributed by atoms with Crippen molar-refractivity contribution in [1.29, 1.82) is 0 Å². The molecule has 0 heterocycles. The molecule has 0 bridgehead atoms. The van der Waals surface area contributed by atoms with Crippen LogP contribution in [-0.4, -0.2) is 58.9 Å². The molecule has 0 aliphatic rings. The zero-order valence-electron chi connectivity index (χ0n) is 15.4. The molecule has 0 saturated heterocycles. The van der Waals surface area contributed by atoms with E-state index < -0.39 is 7.12 Å². The van der Waals surface area contributed by atoms with Gasteiger partial charge in [0, 0.05) is 13.1 Å². The molecule has 137 valence electrons. The van der Waals surface area contributed by atoms with E-state index >= 15 is 0 Å². The third-order valence-electron chi connectivity index (χ3n) is 3.29. The molecule has 0 aliphatic heterocycles. The number of nitrogens with one attached hydrogen (secondary N) is 1. The number of hydrazone groups is 1. The summed E-state index contributed by atoms with van der Waals surface area (Å²) in [7, 11) is -1.55. The third-order valence-corrected chi connectivity index (χ3v) is 3.29. The number of amides is 1. The van der Waals surface area contributed by atoms with Gasteiger partial charge < -0.3 is 10.0 Å². The molecule has 0 fully saturated rings. The van der Waals surface area contributed by atoms with Crippen LogP contribution >= 0.6 is 0 Å². The summed E-state index contributed by atoms with van der Waals surface area (Å²) in [5.74, 6) is 8.16. The van der Waals surface area contributed by atoms with Crippen LogP contribution in [0.15, 0.2) is 29.4 Å². The van der Waals surface area contributed by atoms with Crippen LogP contribution in [0.2, 0.25) is 0 Å². The molecule has 3 N–H and O–H groups in total. The smallest absolute Gasteiger partial charge is 0.423 e. The number of rotatable bonds is 9. The van der Waals surface area contributed by atoms with E-state index in [2.05, 4.69) is 5.10 Å². The number of carbonyl (C=O) groups is 1. The Bertz CT molecular complexity index is 579. The van der Waals surface area contributed by atoms with Gasteiger partial charge in [-0.15, -0.1) is 0 Å². The number of hydrogen-bond donors (Lipinski definition) is 2. The van der Waals surface area contributed by atoms with Crippen LogP contribution in [0.4, 0.5) is 0 Å². The minimum absolute atomic E-state index is 0.0162. The van der Waals surface area contributed by atoms with Crippen molar-refractivity contribution < 1.29 is 14.8 Å². The molecule has 1 aromatic carbocycles. The highest BCUT2D eigenvalue weighted by atomic mass is 16.4. The van der Waals surface area contributed by atoms with E-state index in [4.69, 9.17) is 5.84 Å². The Hall–Kier alpha value is -1.74. The Morgan fingerprint density at radius 3 is 2.44 bits per heavy atom. The molecule has 1 amide bonds. The van der Waals surface area contributed by atoms with E-state index in [1.807, 2.05) is 27.7 Å². The SMILES string of the molecule is CC(C)CN([NH])CC(=O)N(CC(C)C)/N=C/c1cccc(B(O)O)c1. The number of hydrogen-bond acceptors (Lipinski definition) is 5. The van der Waals surface area contributed by atoms with E-state index in [0.29, 0.717) is 30.0 Å². The highest BCUT2D eigenvalue weighted by Crippen LogP contribution is 2.04. The van der Waals surface area contributed by atoms with Gasteiger partial charge in [-0.05, 0) is 22.9 Å². The van der Waals surface area contributed by atoms with E-state index in [9.17, 15) is 14.8 Å². The lowest BCUT2D eigenvalue weighted by atomic mass is 9.80. The Kier molecular flexibility index (Phi) is 8.78. The maximum Gasteiger partial charge on any atom is 0.488 e. The first kappa shape index (κ1) is 21.3. The Morgan fingerprint density at radius 2 is 1.88 bits per heavy atom. The van der Waals surface area contributed by atoms with Crippen LogP contribution in [0, 0.1) is 11.8 Å². The van der Waals surface area contributed by atoms with Crippen molar-refractivity contribution in [2.45, 2.75) is 27.7 Å². The summed E-state index contributed by atoms with van der Waals surface area (Å²) >= 11 is 0. The summed E-state index contributed by atoms with van der Waals surface area (Å²) in [5, 5.41) is 25.3. The molecule has 8 heteroatoms. The molecule has 0 aliphatic carbocycles. The van der Waals surface area contributed by atoms with Crippen LogP contribution in [0.1, 0.15) is 33.3 Å². The Labute approximate surface area is 150 Å². The van der Waals surface area contributed by atoms with Gasteiger partial charge in [0.1, 0.15) is 0 Å². The van der Waals surface area contributed by atoms with Gasteiger partial charge in [0.15, 0.2) is 0 Å². The van der Waals surface area contributed by atoms with E-state index in [0.717, 1.165) is 0 Å². The van der Waals surface area contributed by atoms with E-state index in [1.165, 1.54) is 16.2 Å². The van der Waals surface area contributed by atoms with Gasteiger partial charge in [-0.25, -0.2) is 10.0 Å². The van der Waals surface area contributed by atoms with Gasteiger partial charge in [-0.3, -0.25) is 4.79 Å². The Morgan fingerprint density at radius 1 is 1.24 bits per heavy atom. The van der Waals surface area contributed by atoms with Crippen LogP contribution in [0.25, 0.3) is 0 Å². The lowest BCUT2D eigenvalue weighted by molar-refractivity contribution is -0.133. The fourth-order valence-corrected chi connectivity index (χ4v) is 2.25. The maximum absolute atomic E-state index is 12.4. The lowest BCUT2D eigenvalue weighted by Gasteiger charge is -2.23. The molecule has 1 rings (SSSR count). The van der Waals surface area contributed by atoms with Crippen molar-refractivity contribution in [3.8, 4) is 0 Å². The first-order valence-electron chi connectivity index (χ1n) is 8.45. The van der Waals surface area contributed by atoms with Crippen molar-refractivity contribution in [2.75, 3.05) is 19.6 Å². The minimum Gasteiger partial charge on any atom is -0.423 e. The summed E-state index contributed by atoms with van der Waals surface area (Å²) in [6.45, 7) is 8.93. The molecule has 0 spiro atoms. The molecule has 0 atom stereocenters.